The Labute approximate surface area is 167 Å². The lowest BCUT2D eigenvalue weighted by molar-refractivity contribution is 0.0450. The SMILES string of the molecule is CC[C@H](C)COC(=O)c1c(N)n(Cc2cccs2)c2nc3ccccc3nc12. The molecule has 144 valence electrons. The van der Waals surface area contributed by atoms with Gasteiger partial charge in [-0.3, -0.25) is 0 Å². The van der Waals surface area contributed by atoms with Crippen LogP contribution in [0.3, 0.4) is 0 Å². The molecule has 0 unspecified atom stereocenters. The highest BCUT2D eigenvalue weighted by atomic mass is 32.1. The van der Waals surface area contributed by atoms with Crippen molar-refractivity contribution < 1.29 is 9.53 Å². The van der Waals surface area contributed by atoms with Crippen LogP contribution < -0.4 is 5.73 Å². The van der Waals surface area contributed by atoms with Crippen LogP contribution in [0, 0.1) is 5.92 Å². The van der Waals surface area contributed by atoms with E-state index in [1.54, 1.807) is 11.3 Å². The van der Waals surface area contributed by atoms with E-state index < -0.39 is 5.97 Å². The van der Waals surface area contributed by atoms with E-state index in [4.69, 9.17) is 20.4 Å². The number of anilines is 1. The minimum absolute atomic E-state index is 0.288. The van der Waals surface area contributed by atoms with Crippen molar-refractivity contribution in [2.75, 3.05) is 12.3 Å². The molecule has 0 bridgehead atoms. The van der Waals surface area contributed by atoms with E-state index in [2.05, 4.69) is 6.92 Å². The zero-order valence-electron chi connectivity index (χ0n) is 15.9. The molecule has 0 saturated heterocycles. The average molecular weight is 395 g/mol. The van der Waals surface area contributed by atoms with E-state index >= 15 is 0 Å². The number of rotatable bonds is 6. The molecule has 4 rings (SSSR count). The number of hydrogen-bond acceptors (Lipinski definition) is 6. The van der Waals surface area contributed by atoms with Gasteiger partial charge in [0, 0.05) is 4.88 Å². The Morgan fingerprint density at radius 1 is 1.21 bits per heavy atom. The van der Waals surface area contributed by atoms with Gasteiger partial charge in [0.05, 0.1) is 24.2 Å². The van der Waals surface area contributed by atoms with Crippen molar-refractivity contribution in [1.29, 1.82) is 0 Å². The molecule has 0 aliphatic rings. The van der Waals surface area contributed by atoms with Crippen molar-refractivity contribution in [1.82, 2.24) is 14.5 Å². The highest BCUT2D eigenvalue weighted by Gasteiger charge is 2.25. The predicted molar refractivity (Wildman–Crippen MR) is 113 cm³/mol. The number of benzene rings is 1. The molecular formula is C21H22N4O2S. The minimum atomic E-state index is -0.447. The monoisotopic (exact) mass is 394 g/mol. The maximum Gasteiger partial charge on any atom is 0.344 e. The van der Waals surface area contributed by atoms with Crippen LogP contribution in [-0.2, 0) is 11.3 Å². The minimum Gasteiger partial charge on any atom is -0.462 e. The van der Waals surface area contributed by atoms with Gasteiger partial charge < -0.3 is 15.0 Å². The molecular weight excluding hydrogens is 372 g/mol. The normalized spacial score (nSPS) is 12.5. The lowest BCUT2D eigenvalue weighted by atomic mass is 10.1. The fourth-order valence-corrected chi connectivity index (χ4v) is 3.74. The van der Waals surface area contributed by atoms with Crippen molar-refractivity contribution >= 4 is 45.3 Å². The predicted octanol–water partition coefficient (Wildman–Crippen LogP) is 4.48. The highest BCUT2D eigenvalue weighted by molar-refractivity contribution is 7.09. The number of nitrogen functional groups attached to an aromatic ring is 1. The number of hydrogen-bond donors (Lipinski definition) is 1. The van der Waals surface area contributed by atoms with E-state index in [1.165, 1.54) is 0 Å². The molecule has 28 heavy (non-hydrogen) atoms. The smallest absolute Gasteiger partial charge is 0.344 e. The molecule has 1 atom stereocenters. The molecule has 0 radical (unpaired) electrons. The van der Waals surface area contributed by atoms with Crippen LogP contribution in [0.2, 0.25) is 0 Å². The van der Waals surface area contributed by atoms with Gasteiger partial charge >= 0.3 is 5.97 Å². The van der Waals surface area contributed by atoms with Crippen molar-refractivity contribution in [3.05, 3.63) is 52.2 Å². The van der Waals surface area contributed by atoms with Crippen LogP contribution in [-0.4, -0.2) is 27.1 Å². The molecule has 1 aromatic carbocycles. The third kappa shape index (κ3) is 3.33. The van der Waals surface area contributed by atoms with Gasteiger partial charge in [-0.05, 0) is 29.5 Å². The molecule has 0 saturated carbocycles. The summed E-state index contributed by atoms with van der Waals surface area (Å²) in [7, 11) is 0. The second-order valence-corrected chi connectivity index (χ2v) is 7.95. The molecule has 3 aromatic heterocycles. The Bertz CT molecular complexity index is 1130. The van der Waals surface area contributed by atoms with Crippen LogP contribution in [0.5, 0.6) is 0 Å². The maximum atomic E-state index is 12.9. The number of thiophene rings is 1. The van der Waals surface area contributed by atoms with Gasteiger partial charge in [0.2, 0.25) is 0 Å². The Morgan fingerprint density at radius 2 is 1.96 bits per heavy atom. The first-order chi connectivity index (χ1) is 13.6. The highest BCUT2D eigenvalue weighted by Crippen LogP contribution is 2.30. The van der Waals surface area contributed by atoms with Crippen molar-refractivity contribution in [3.63, 3.8) is 0 Å². The molecule has 2 N–H and O–H groups in total. The van der Waals surface area contributed by atoms with Crippen LogP contribution in [0.25, 0.3) is 22.2 Å². The summed E-state index contributed by atoms with van der Waals surface area (Å²) in [4.78, 5) is 23.4. The number of carbonyl (C=O) groups is 1. The third-order valence-electron chi connectivity index (χ3n) is 4.89. The van der Waals surface area contributed by atoms with E-state index in [0.717, 1.165) is 22.3 Å². The molecule has 0 aliphatic heterocycles. The van der Waals surface area contributed by atoms with Gasteiger partial charge in [-0.25, -0.2) is 14.8 Å². The van der Waals surface area contributed by atoms with Crippen molar-refractivity contribution in [2.24, 2.45) is 5.92 Å². The molecule has 6 nitrogen and oxygen atoms in total. The summed E-state index contributed by atoms with van der Waals surface area (Å²) in [6.45, 7) is 5.00. The zero-order chi connectivity index (χ0) is 19.7. The quantitative estimate of drug-likeness (QED) is 0.488. The largest absolute Gasteiger partial charge is 0.462 e. The number of carbonyl (C=O) groups excluding carboxylic acids is 1. The van der Waals surface area contributed by atoms with Gasteiger partial charge in [-0.1, -0.05) is 38.5 Å². The lowest BCUT2D eigenvalue weighted by Gasteiger charge is -2.10. The lowest BCUT2D eigenvalue weighted by Crippen LogP contribution is -2.14. The number of nitrogens with two attached hydrogens (primary N) is 1. The Balaban J connectivity index is 1.86. The third-order valence-corrected chi connectivity index (χ3v) is 5.75. The number of esters is 1. The first kappa shape index (κ1) is 18.4. The van der Waals surface area contributed by atoms with Gasteiger partial charge in [0.25, 0.3) is 0 Å². The Hall–Kier alpha value is -2.93. The molecule has 0 amide bonds. The summed E-state index contributed by atoms with van der Waals surface area (Å²) < 4.78 is 7.38. The fourth-order valence-electron chi connectivity index (χ4n) is 3.04. The van der Waals surface area contributed by atoms with E-state index in [0.29, 0.717) is 35.7 Å². The Kier molecular flexibility index (Phi) is 5.00. The van der Waals surface area contributed by atoms with Gasteiger partial charge in [0.1, 0.15) is 16.9 Å². The summed E-state index contributed by atoms with van der Waals surface area (Å²) in [6, 6.07) is 11.6. The van der Waals surface area contributed by atoms with E-state index in [1.807, 2.05) is 53.3 Å². The zero-order valence-corrected chi connectivity index (χ0v) is 16.7. The molecule has 0 spiro atoms. The van der Waals surface area contributed by atoms with Crippen molar-refractivity contribution in [3.8, 4) is 0 Å². The first-order valence-electron chi connectivity index (χ1n) is 9.32. The first-order valence-corrected chi connectivity index (χ1v) is 10.2. The topological polar surface area (TPSA) is 83.0 Å². The summed E-state index contributed by atoms with van der Waals surface area (Å²) >= 11 is 1.63. The number of aromatic nitrogens is 3. The number of para-hydroxylation sites is 2. The summed E-state index contributed by atoms with van der Waals surface area (Å²) in [5.74, 6) is 0.182. The summed E-state index contributed by atoms with van der Waals surface area (Å²) in [5, 5.41) is 2.01. The van der Waals surface area contributed by atoms with Crippen LogP contribution in [0.15, 0.2) is 41.8 Å². The fraction of sp³-hybridized carbons (Fsp3) is 0.286. The maximum absolute atomic E-state index is 12.9. The van der Waals surface area contributed by atoms with Gasteiger partial charge in [-0.15, -0.1) is 11.3 Å². The van der Waals surface area contributed by atoms with Crippen molar-refractivity contribution in [2.45, 2.75) is 26.8 Å². The number of ether oxygens (including phenoxy) is 1. The molecule has 4 aromatic rings. The number of fused-ring (bicyclic) bond motifs is 2. The molecule has 3 heterocycles. The second-order valence-electron chi connectivity index (χ2n) is 6.92. The van der Waals surface area contributed by atoms with Gasteiger partial charge in [0.15, 0.2) is 5.65 Å². The average Bonchev–Trinajstić information content (AvgIpc) is 3.31. The standard InChI is InChI=1S/C21H22N4O2S/c1-3-13(2)12-27-21(26)17-18-20(24-16-9-5-4-8-15(16)23-18)25(19(17)22)11-14-7-6-10-28-14/h4-10,13H,3,11-12,22H2,1-2H3/t13-/m0/s1. The van der Waals surface area contributed by atoms with E-state index in [-0.39, 0.29) is 5.92 Å². The van der Waals surface area contributed by atoms with Crippen LogP contribution in [0.1, 0.15) is 35.5 Å². The molecule has 7 heteroatoms. The molecule has 0 fully saturated rings. The van der Waals surface area contributed by atoms with E-state index in [9.17, 15) is 4.79 Å². The second kappa shape index (κ2) is 7.59. The van der Waals surface area contributed by atoms with Gasteiger partial charge in [-0.2, -0.15) is 0 Å². The van der Waals surface area contributed by atoms with Crippen LogP contribution >= 0.6 is 11.3 Å². The number of nitrogens with zero attached hydrogens (tertiary/aromatic N) is 3. The Morgan fingerprint density at radius 3 is 2.64 bits per heavy atom. The van der Waals surface area contributed by atoms with Crippen LogP contribution in [0.4, 0.5) is 5.82 Å². The molecule has 0 aliphatic carbocycles. The summed E-state index contributed by atoms with van der Waals surface area (Å²) in [5.41, 5.74) is 9.29. The summed E-state index contributed by atoms with van der Waals surface area (Å²) in [6.07, 6.45) is 0.938.